The number of fused-ring (bicyclic) bond motifs is 1. The second-order valence-electron chi connectivity index (χ2n) is 7.32. The summed E-state index contributed by atoms with van der Waals surface area (Å²) in [5, 5.41) is 14.8. The van der Waals surface area contributed by atoms with Crippen molar-refractivity contribution in [2.24, 2.45) is 0 Å². The van der Waals surface area contributed by atoms with Gasteiger partial charge >= 0.3 is 0 Å². The molecule has 2 aromatic heterocycles. The van der Waals surface area contributed by atoms with Crippen LogP contribution < -0.4 is 0 Å². The third-order valence-electron chi connectivity index (χ3n) is 5.10. The van der Waals surface area contributed by atoms with E-state index in [4.69, 9.17) is 0 Å². The molecule has 0 fully saturated rings. The number of carbonyl (C=O) groups excluding carboxylic acids is 1. The van der Waals surface area contributed by atoms with Crippen molar-refractivity contribution in [2.75, 3.05) is 27.2 Å². The number of aliphatic hydroxyl groups excluding tert-OH is 1. The first kappa shape index (κ1) is 18.7. The lowest BCUT2D eigenvalue weighted by atomic mass is 10.1. The number of likely N-dealkylation sites (N-methyl/N-ethyl adjacent to an activating group) is 1. The van der Waals surface area contributed by atoms with Crippen molar-refractivity contribution in [1.29, 1.82) is 0 Å². The monoisotopic (exact) mass is 359 g/mol. The lowest BCUT2D eigenvalue weighted by Crippen LogP contribution is -2.38. The molecule has 1 unspecified atom stereocenters. The third kappa shape index (κ3) is 3.41. The van der Waals surface area contributed by atoms with Crippen LogP contribution in [0.15, 0.2) is 12.1 Å². The van der Waals surface area contributed by atoms with Crippen LogP contribution in [0, 0.1) is 13.8 Å². The quantitative estimate of drug-likeness (QED) is 0.880. The van der Waals surface area contributed by atoms with Crippen LogP contribution in [0.5, 0.6) is 0 Å². The highest BCUT2D eigenvalue weighted by Crippen LogP contribution is 2.22. The van der Waals surface area contributed by atoms with E-state index in [9.17, 15) is 9.90 Å². The van der Waals surface area contributed by atoms with Gasteiger partial charge in [0, 0.05) is 31.0 Å². The fraction of sp³-hybridized carbons (Fsp3) is 0.579. The number of nitrogens with zero attached hydrogens (tertiary/aromatic N) is 5. The minimum atomic E-state index is -0.615. The zero-order chi connectivity index (χ0) is 19.0. The normalized spacial score (nSPS) is 15.4. The lowest BCUT2D eigenvalue weighted by Gasteiger charge is -2.27. The number of aliphatic hydroxyl groups is 1. The van der Waals surface area contributed by atoms with Crippen LogP contribution in [0.3, 0.4) is 0 Å². The summed E-state index contributed by atoms with van der Waals surface area (Å²) in [5.74, 6) is 0.0700. The van der Waals surface area contributed by atoms with Crippen molar-refractivity contribution < 1.29 is 9.90 Å². The van der Waals surface area contributed by atoms with Crippen molar-refractivity contribution in [3.63, 3.8) is 0 Å². The standard InChI is InChI=1S/C19H29N5O2/c1-6-23-13(2)9-16(14(23)3)19(26)22-7-8-24-15(11-22)10-17(20-24)18(25)12-21(4)5/h9-10,18,25H,6-8,11-12H2,1-5H3. The molecule has 3 heterocycles. The maximum absolute atomic E-state index is 13.0. The highest BCUT2D eigenvalue weighted by molar-refractivity contribution is 5.95. The van der Waals surface area contributed by atoms with Crippen LogP contribution in [-0.2, 0) is 19.6 Å². The highest BCUT2D eigenvalue weighted by Gasteiger charge is 2.27. The second-order valence-corrected chi connectivity index (χ2v) is 7.32. The van der Waals surface area contributed by atoms with Gasteiger partial charge in [0.25, 0.3) is 5.91 Å². The lowest BCUT2D eigenvalue weighted by molar-refractivity contribution is 0.0704. The summed E-state index contributed by atoms with van der Waals surface area (Å²) in [4.78, 5) is 16.8. The Kier molecular flexibility index (Phi) is 5.20. The molecule has 3 rings (SSSR count). The van der Waals surface area contributed by atoms with Gasteiger partial charge in [-0.1, -0.05) is 0 Å². The molecule has 0 bridgehead atoms. The molecule has 0 aromatic carbocycles. The fourth-order valence-electron chi connectivity index (χ4n) is 3.74. The van der Waals surface area contributed by atoms with E-state index in [1.807, 2.05) is 54.6 Å². The van der Waals surface area contributed by atoms with Crippen molar-refractivity contribution >= 4 is 5.91 Å². The van der Waals surface area contributed by atoms with Crippen LogP contribution in [0.4, 0.5) is 0 Å². The van der Waals surface area contributed by atoms with Crippen molar-refractivity contribution in [3.8, 4) is 0 Å². The number of aromatic nitrogens is 3. The Balaban J connectivity index is 1.78. The van der Waals surface area contributed by atoms with Crippen molar-refractivity contribution in [2.45, 2.75) is 46.5 Å². The van der Waals surface area contributed by atoms with Gasteiger partial charge in [0.2, 0.25) is 0 Å². The SMILES string of the molecule is CCn1c(C)cc(C(=O)N2CCn3nc(C(O)CN(C)C)cc3C2)c1C. The van der Waals surface area contributed by atoms with Gasteiger partial charge in [-0.15, -0.1) is 0 Å². The van der Waals surface area contributed by atoms with E-state index in [-0.39, 0.29) is 5.91 Å². The van der Waals surface area contributed by atoms with Gasteiger partial charge in [-0.25, -0.2) is 0 Å². The zero-order valence-electron chi connectivity index (χ0n) is 16.4. The van der Waals surface area contributed by atoms with Crippen molar-refractivity contribution in [3.05, 3.63) is 40.5 Å². The van der Waals surface area contributed by atoms with Gasteiger partial charge in [-0.2, -0.15) is 5.10 Å². The molecule has 26 heavy (non-hydrogen) atoms. The summed E-state index contributed by atoms with van der Waals surface area (Å²) in [5.41, 5.74) is 4.57. The number of aryl methyl sites for hydroxylation is 1. The number of carbonyl (C=O) groups is 1. The van der Waals surface area contributed by atoms with Gasteiger partial charge in [0.1, 0.15) is 6.10 Å². The van der Waals surface area contributed by atoms with E-state index in [1.54, 1.807) is 0 Å². The van der Waals surface area contributed by atoms with E-state index in [0.717, 1.165) is 29.2 Å². The van der Waals surface area contributed by atoms with Gasteiger partial charge in [-0.3, -0.25) is 9.48 Å². The van der Waals surface area contributed by atoms with Gasteiger partial charge in [0.05, 0.1) is 30.0 Å². The van der Waals surface area contributed by atoms with Crippen LogP contribution >= 0.6 is 0 Å². The first-order valence-electron chi connectivity index (χ1n) is 9.17. The molecular formula is C19H29N5O2. The predicted molar refractivity (Wildman–Crippen MR) is 100 cm³/mol. The second kappa shape index (κ2) is 7.25. The summed E-state index contributed by atoms with van der Waals surface area (Å²) in [6.07, 6.45) is -0.615. The Hall–Kier alpha value is -2.12. The minimum Gasteiger partial charge on any atom is -0.385 e. The maximum Gasteiger partial charge on any atom is 0.256 e. The molecule has 7 nitrogen and oxygen atoms in total. The molecular weight excluding hydrogens is 330 g/mol. The Bertz CT molecular complexity index is 805. The Morgan fingerprint density at radius 1 is 1.31 bits per heavy atom. The van der Waals surface area contributed by atoms with Gasteiger partial charge in [0.15, 0.2) is 0 Å². The number of rotatable bonds is 5. The van der Waals surface area contributed by atoms with E-state index >= 15 is 0 Å². The summed E-state index contributed by atoms with van der Waals surface area (Å²) in [7, 11) is 3.85. The van der Waals surface area contributed by atoms with E-state index in [0.29, 0.717) is 31.9 Å². The number of hydrogen-bond acceptors (Lipinski definition) is 4. The van der Waals surface area contributed by atoms with Crippen LogP contribution in [0.25, 0.3) is 0 Å². The zero-order valence-corrected chi connectivity index (χ0v) is 16.4. The molecule has 0 aliphatic carbocycles. The van der Waals surface area contributed by atoms with Gasteiger partial charge < -0.3 is 19.5 Å². The molecule has 1 atom stereocenters. The molecule has 0 saturated carbocycles. The highest BCUT2D eigenvalue weighted by atomic mass is 16.3. The number of amides is 1. The maximum atomic E-state index is 13.0. The average Bonchev–Trinajstić information content (AvgIpc) is 3.13. The third-order valence-corrected chi connectivity index (χ3v) is 5.10. The van der Waals surface area contributed by atoms with Crippen LogP contribution in [0.2, 0.25) is 0 Å². The molecule has 7 heteroatoms. The van der Waals surface area contributed by atoms with Crippen molar-refractivity contribution in [1.82, 2.24) is 24.1 Å². The van der Waals surface area contributed by atoms with E-state index < -0.39 is 6.10 Å². The first-order valence-corrected chi connectivity index (χ1v) is 9.17. The van der Waals surface area contributed by atoms with Crippen LogP contribution in [-0.4, -0.2) is 62.3 Å². The predicted octanol–water partition coefficient (Wildman–Crippen LogP) is 1.57. The molecule has 0 radical (unpaired) electrons. The molecule has 2 aromatic rings. The molecule has 1 amide bonds. The van der Waals surface area contributed by atoms with E-state index in [1.165, 1.54) is 0 Å². The number of hydrogen-bond donors (Lipinski definition) is 1. The molecule has 1 aliphatic rings. The smallest absolute Gasteiger partial charge is 0.256 e. The molecule has 1 aliphatic heterocycles. The van der Waals surface area contributed by atoms with Gasteiger partial charge in [-0.05, 0) is 47.0 Å². The first-order chi connectivity index (χ1) is 12.3. The fourth-order valence-corrected chi connectivity index (χ4v) is 3.74. The summed E-state index contributed by atoms with van der Waals surface area (Å²) in [6, 6.07) is 3.91. The molecule has 142 valence electrons. The topological polar surface area (TPSA) is 66.5 Å². The minimum absolute atomic E-state index is 0.0700. The van der Waals surface area contributed by atoms with Crippen LogP contribution in [0.1, 0.15) is 46.2 Å². The Labute approximate surface area is 154 Å². The Morgan fingerprint density at radius 2 is 2.04 bits per heavy atom. The molecule has 0 saturated heterocycles. The summed E-state index contributed by atoms with van der Waals surface area (Å²) >= 11 is 0. The molecule has 0 spiro atoms. The Morgan fingerprint density at radius 3 is 2.65 bits per heavy atom. The largest absolute Gasteiger partial charge is 0.385 e. The molecule has 1 N–H and O–H groups in total. The average molecular weight is 359 g/mol. The summed E-state index contributed by atoms with van der Waals surface area (Å²) < 4.78 is 4.07. The van der Waals surface area contributed by atoms with E-state index in [2.05, 4.69) is 16.6 Å². The summed E-state index contributed by atoms with van der Waals surface area (Å²) in [6.45, 7) is 9.34.